The van der Waals surface area contributed by atoms with Crippen LogP contribution in [0, 0.1) is 18.6 Å². The Morgan fingerprint density at radius 2 is 1.89 bits per heavy atom. The lowest BCUT2D eigenvalue weighted by Crippen LogP contribution is -2.31. The van der Waals surface area contributed by atoms with Gasteiger partial charge >= 0.3 is 0 Å². The summed E-state index contributed by atoms with van der Waals surface area (Å²) in [5.41, 5.74) is 6.97. The van der Waals surface area contributed by atoms with Gasteiger partial charge in [-0.15, -0.1) is 0 Å². The molecule has 5 rings (SSSR count). The fraction of sp³-hybridized carbons (Fsp3) is 0.250. The number of carbonyl (C=O) groups excluding carboxylic acids is 1. The molecular weight excluding hydrogens is 456 g/mol. The number of nitrogens with one attached hydrogen (secondary N) is 1. The summed E-state index contributed by atoms with van der Waals surface area (Å²) >= 11 is 0. The quantitative estimate of drug-likeness (QED) is 0.465. The molecule has 1 atom stereocenters. The largest absolute Gasteiger partial charge is 0.366 e. The van der Waals surface area contributed by atoms with E-state index in [1.807, 2.05) is 24.6 Å². The average molecular weight is 479 g/mol. The molecule has 9 nitrogen and oxygen atoms in total. The molecule has 35 heavy (non-hydrogen) atoms. The van der Waals surface area contributed by atoms with Crippen molar-refractivity contribution < 1.29 is 13.6 Å². The number of nitrogens with two attached hydrogens (primary N) is 1. The van der Waals surface area contributed by atoms with Gasteiger partial charge in [-0.05, 0) is 43.7 Å². The van der Waals surface area contributed by atoms with E-state index in [0.717, 1.165) is 36.1 Å². The first-order valence-corrected chi connectivity index (χ1v) is 11.1. The van der Waals surface area contributed by atoms with Crippen LogP contribution in [-0.4, -0.2) is 44.4 Å². The number of fused-ring (bicyclic) bond motifs is 1. The highest BCUT2D eigenvalue weighted by Crippen LogP contribution is 2.36. The van der Waals surface area contributed by atoms with Crippen LogP contribution in [0.15, 0.2) is 47.4 Å². The molecule has 180 valence electrons. The van der Waals surface area contributed by atoms with Crippen molar-refractivity contribution in [3.63, 3.8) is 0 Å². The van der Waals surface area contributed by atoms with Crippen LogP contribution in [0.2, 0.25) is 0 Å². The minimum atomic E-state index is -0.971. The minimum absolute atomic E-state index is 0.0123. The highest BCUT2D eigenvalue weighted by Gasteiger charge is 2.27. The fourth-order valence-electron chi connectivity index (χ4n) is 4.40. The van der Waals surface area contributed by atoms with E-state index in [0.29, 0.717) is 34.7 Å². The van der Waals surface area contributed by atoms with E-state index in [1.54, 1.807) is 6.07 Å². The molecule has 3 heterocycles. The van der Waals surface area contributed by atoms with Crippen molar-refractivity contribution >= 4 is 28.3 Å². The van der Waals surface area contributed by atoms with E-state index in [2.05, 4.69) is 20.3 Å². The smallest absolute Gasteiger partial charge is 0.284 e. The maximum absolute atomic E-state index is 14.3. The summed E-state index contributed by atoms with van der Waals surface area (Å²) in [7, 11) is 1.91. The summed E-state index contributed by atoms with van der Waals surface area (Å²) in [6.45, 7) is 3.17. The molecule has 0 radical (unpaired) electrons. The summed E-state index contributed by atoms with van der Waals surface area (Å²) in [6, 6.07) is 7.98. The van der Waals surface area contributed by atoms with Gasteiger partial charge < -0.3 is 20.5 Å². The second-order valence-corrected chi connectivity index (χ2v) is 8.53. The molecule has 0 aliphatic carbocycles. The Balaban J connectivity index is 1.58. The lowest BCUT2D eigenvalue weighted by molar-refractivity contribution is 0.102. The maximum Gasteiger partial charge on any atom is 0.284 e. The standard InChI is InChI=1S/C24H23F2N7O2/c1-13-29-20-19(31(13)2)7-6-18(22(20)32-11-9-14(27)12-32)30-23(34)15-8-10-28-33(24(15)35)21-16(25)4-3-5-17(21)26/h3-8,10,14H,9,11-12,27H2,1-2H3,(H,30,34)/t14-/m0/s1. The number of hydrogen-bond acceptors (Lipinski definition) is 6. The Morgan fingerprint density at radius 1 is 1.14 bits per heavy atom. The van der Waals surface area contributed by atoms with E-state index in [9.17, 15) is 18.4 Å². The van der Waals surface area contributed by atoms with E-state index in [-0.39, 0.29) is 11.6 Å². The Hall–Kier alpha value is -4.12. The number of hydrogen-bond donors (Lipinski definition) is 2. The summed E-state index contributed by atoms with van der Waals surface area (Å²) in [6.07, 6.45) is 1.94. The van der Waals surface area contributed by atoms with E-state index >= 15 is 0 Å². The van der Waals surface area contributed by atoms with Crippen LogP contribution in [0.4, 0.5) is 20.2 Å². The van der Waals surface area contributed by atoms with Gasteiger partial charge in [-0.3, -0.25) is 9.59 Å². The van der Waals surface area contributed by atoms with Crippen LogP contribution in [0.25, 0.3) is 16.7 Å². The Kier molecular flexibility index (Phi) is 5.56. The number of nitrogens with zero attached hydrogens (tertiary/aromatic N) is 5. The van der Waals surface area contributed by atoms with Gasteiger partial charge in [0.15, 0.2) is 11.6 Å². The molecule has 1 amide bonds. The third-order valence-electron chi connectivity index (χ3n) is 6.28. The number of rotatable bonds is 4. The van der Waals surface area contributed by atoms with Crippen molar-refractivity contribution in [2.24, 2.45) is 12.8 Å². The minimum Gasteiger partial charge on any atom is -0.366 e. The Bertz CT molecular complexity index is 1510. The van der Waals surface area contributed by atoms with Crippen molar-refractivity contribution in [3.8, 4) is 5.69 Å². The summed E-state index contributed by atoms with van der Waals surface area (Å²) in [4.78, 5) is 33.0. The average Bonchev–Trinajstić information content (AvgIpc) is 3.37. The molecule has 3 N–H and O–H groups in total. The number of halogens is 2. The van der Waals surface area contributed by atoms with Crippen LogP contribution in [0.3, 0.4) is 0 Å². The molecule has 2 aromatic carbocycles. The van der Waals surface area contributed by atoms with E-state index < -0.39 is 28.8 Å². The van der Waals surface area contributed by atoms with Gasteiger partial charge in [0.1, 0.15) is 22.6 Å². The number of para-hydroxylation sites is 1. The maximum atomic E-state index is 14.3. The Labute approximate surface area is 198 Å². The first kappa shape index (κ1) is 22.7. The molecule has 0 saturated carbocycles. The van der Waals surface area contributed by atoms with Gasteiger partial charge in [0.05, 0.1) is 16.9 Å². The highest BCUT2D eigenvalue weighted by molar-refractivity contribution is 6.09. The van der Waals surface area contributed by atoms with Gasteiger partial charge in [-0.25, -0.2) is 13.8 Å². The highest BCUT2D eigenvalue weighted by atomic mass is 19.1. The van der Waals surface area contributed by atoms with Crippen LogP contribution >= 0.6 is 0 Å². The van der Waals surface area contributed by atoms with E-state index in [4.69, 9.17) is 5.73 Å². The van der Waals surface area contributed by atoms with Crippen molar-refractivity contribution in [2.45, 2.75) is 19.4 Å². The molecule has 11 heteroatoms. The number of amides is 1. The zero-order valence-corrected chi connectivity index (χ0v) is 19.1. The van der Waals surface area contributed by atoms with E-state index in [1.165, 1.54) is 12.1 Å². The van der Waals surface area contributed by atoms with Crippen molar-refractivity contribution in [1.82, 2.24) is 19.3 Å². The van der Waals surface area contributed by atoms with Gasteiger partial charge in [-0.1, -0.05) is 6.07 Å². The van der Waals surface area contributed by atoms with Crippen molar-refractivity contribution in [2.75, 3.05) is 23.3 Å². The van der Waals surface area contributed by atoms with Crippen molar-refractivity contribution in [3.05, 3.63) is 76.0 Å². The number of benzene rings is 2. The molecule has 1 aliphatic heterocycles. The predicted octanol–water partition coefficient (Wildman–Crippen LogP) is 2.50. The van der Waals surface area contributed by atoms with Gasteiger partial charge in [0, 0.05) is 32.4 Å². The first-order chi connectivity index (χ1) is 16.8. The van der Waals surface area contributed by atoms with Gasteiger partial charge in [0.2, 0.25) is 0 Å². The zero-order valence-electron chi connectivity index (χ0n) is 19.1. The van der Waals surface area contributed by atoms with Gasteiger partial charge in [-0.2, -0.15) is 9.78 Å². The van der Waals surface area contributed by atoms with Crippen LogP contribution < -0.4 is 21.5 Å². The molecule has 4 aromatic rings. The molecule has 0 spiro atoms. The third-order valence-corrected chi connectivity index (χ3v) is 6.28. The molecule has 1 aliphatic rings. The van der Waals surface area contributed by atoms with Gasteiger partial charge in [0.25, 0.3) is 11.5 Å². The molecule has 0 bridgehead atoms. The second-order valence-electron chi connectivity index (χ2n) is 8.53. The SMILES string of the molecule is Cc1nc2c(N3CC[C@H](N)C3)c(NC(=O)c3ccnn(-c4c(F)cccc4F)c3=O)ccc2n1C. The number of carbonyl (C=O) groups is 1. The van der Waals surface area contributed by atoms with Crippen LogP contribution in [-0.2, 0) is 7.05 Å². The number of aromatic nitrogens is 4. The number of aryl methyl sites for hydroxylation is 2. The third kappa shape index (κ3) is 3.83. The first-order valence-electron chi connectivity index (χ1n) is 11.1. The normalized spacial score (nSPS) is 15.7. The summed E-state index contributed by atoms with van der Waals surface area (Å²) in [5, 5.41) is 6.56. The van der Waals surface area contributed by atoms with Crippen LogP contribution in [0.1, 0.15) is 22.6 Å². The monoisotopic (exact) mass is 479 g/mol. The molecule has 2 aromatic heterocycles. The lowest BCUT2D eigenvalue weighted by atomic mass is 10.2. The molecule has 0 unspecified atom stereocenters. The molecule has 1 fully saturated rings. The molecule has 1 saturated heterocycles. The summed E-state index contributed by atoms with van der Waals surface area (Å²) in [5.74, 6) is -1.88. The number of imidazole rings is 1. The zero-order chi connectivity index (χ0) is 24.9. The number of anilines is 2. The lowest BCUT2D eigenvalue weighted by Gasteiger charge is -2.22. The second kappa shape index (κ2) is 8.58. The summed E-state index contributed by atoms with van der Waals surface area (Å²) < 4.78 is 31.0. The van der Waals surface area contributed by atoms with Crippen molar-refractivity contribution in [1.29, 1.82) is 0 Å². The van der Waals surface area contributed by atoms with Crippen LogP contribution in [0.5, 0.6) is 0 Å². The Morgan fingerprint density at radius 3 is 2.57 bits per heavy atom. The predicted molar refractivity (Wildman–Crippen MR) is 128 cm³/mol. The fourth-order valence-corrected chi connectivity index (χ4v) is 4.40. The topological polar surface area (TPSA) is 111 Å². The molecular formula is C24H23F2N7O2.